The van der Waals surface area contributed by atoms with Gasteiger partial charge in [0.15, 0.2) is 0 Å². The minimum absolute atomic E-state index is 0. The van der Waals surface area contributed by atoms with Crippen LogP contribution in [-0.4, -0.2) is 49.5 Å². The van der Waals surface area contributed by atoms with E-state index in [9.17, 15) is 4.79 Å². The molecule has 3 nitrogen and oxygen atoms in total. The van der Waals surface area contributed by atoms with Crippen molar-refractivity contribution >= 4 is 11.6 Å². The number of allylic oxidation sites excluding steroid dienone is 1. The van der Waals surface area contributed by atoms with Crippen molar-refractivity contribution in [1.29, 1.82) is 0 Å². The van der Waals surface area contributed by atoms with Crippen molar-refractivity contribution in [3.05, 3.63) is 77.4 Å². The van der Waals surface area contributed by atoms with Gasteiger partial charge in [0.05, 0.1) is 27.7 Å². The third-order valence-electron chi connectivity index (χ3n) is 4.55. The van der Waals surface area contributed by atoms with Gasteiger partial charge >= 0.3 is 0 Å². The molecule has 1 aliphatic rings. The van der Waals surface area contributed by atoms with E-state index in [1.165, 1.54) is 5.56 Å². The topological polar surface area (TPSA) is 20.3 Å². The molecule has 1 amide bonds. The maximum absolute atomic E-state index is 12.9. The molecular formula is C22H27IN2O. The average molecular weight is 462 g/mol. The van der Waals surface area contributed by atoms with Gasteiger partial charge in [-0.25, -0.2) is 0 Å². The second-order valence-electron chi connectivity index (χ2n) is 7.65. The van der Waals surface area contributed by atoms with Gasteiger partial charge in [0, 0.05) is 29.8 Å². The number of halogens is 1. The minimum Gasteiger partial charge on any atom is -1.00 e. The van der Waals surface area contributed by atoms with Crippen molar-refractivity contribution in [3.8, 4) is 0 Å². The number of quaternary nitrogens is 1. The molecule has 0 atom stereocenters. The number of hydrogen-bond donors (Lipinski definition) is 0. The van der Waals surface area contributed by atoms with Crippen molar-refractivity contribution in [3.63, 3.8) is 0 Å². The first-order valence-corrected chi connectivity index (χ1v) is 8.91. The Hall–Kier alpha value is -1.66. The lowest BCUT2D eigenvalue weighted by Gasteiger charge is -2.26. The molecule has 26 heavy (non-hydrogen) atoms. The van der Waals surface area contributed by atoms with Crippen LogP contribution in [0.2, 0.25) is 0 Å². The lowest BCUT2D eigenvalue weighted by molar-refractivity contribution is -0.870. The fraction of sp³-hybridized carbons (Fsp3) is 0.318. The summed E-state index contributed by atoms with van der Waals surface area (Å²) in [7, 11) is 6.56. The molecule has 0 N–H and O–H groups in total. The van der Waals surface area contributed by atoms with Crippen LogP contribution in [0.3, 0.4) is 0 Å². The number of nitrogens with zero attached hydrogens (tertiary/aromatic N) is 2. The Morgan fingerprint density at radius 3 is 2.19 bits per heavy atom. The second kappa shape index (κ2) is 8.82. The third kappa shape index (κ3) is 4.95. The van der Waals surface area contributed by atoms with E-state index in [2.05, 4.69) is 57.6 Å². The molecule has 1 aliphatic heterocycles. The molecule has 0 saturated carbocycles. The number of rotatable bonds is 6. The van der Waals surface area contributed by atoms with Crippen molar-refractivity contribution < 1.29 is 33.3 Å². The van der Waals surface area contributed by atoms with Gasteiger partial charge in [0.25, 0.3) is 5.91 Å². The molecule has 1 heterocycles. The fourth-order valence-corrected chi connectivity index (χ4v) is 3.27. The smallest absolute Gasteiger partial charge is 0.258 e. The predicted octanol–water partition coefficient (Wildman–Crippen LogP) is 0.826. The number of benzene rings is 2. The van der Waals surface area contributed by atoms with E-state index in [4.69, 9.17) is 0 Å². The zero-order chi connectivity index (χ0) is 17.9. The minimum atomic E-state index is 0. The molecular weight excluding hydrogens is 435 g/mol. The maximum atomic E-state index is 12.9. The van der Waals surface area contributed by atoms with Gasteiger partial charge in [-0.15, -0.1) is 0 Å². The second-order valence-corrected chi connectivity index (χ2v) is 7.65. The number of amides is 1. The molecule has 0 spiro atoms. The zero-order valence-electron chi connectivity index (χ0n) is 15.8. The Morgan fingerprint density at radius 2 is 1.54 bits per heavy atom. The van der Waals surface area contributed by atoms with E-state index in [-0.39, 0.29) is 29.9 Å². The first-order valence-electron chi connectivity index (χ1n) is 8.91. The monoisotopic (exact) mass is 462 g/mol. The highest BCUT2D eigenvalue weighted by Gasteiger charge is 2.31. The Bertz CT molecular complexity index is 778. The van der Waals surface area contributed by atoms with Gasteiger partial charge in [-0.05, 0) is 18.1 Å². The van der Waals surface area contributed by atoms with E-state index in [0.717, 1.165) is 47.2 Å². The summed E-state index contributed by atoms with van der Waals surface area (Å²) in [5.74, 6) is 0.135. The Kier molecular flexibility index (Phi) is 7.01. The highest BCUT2D eigenvalue weighted by molar-refractivity contribution is 6.09. The molecule has 4 heteroatoms. The Labute approximate surface area is 173 Å². The van der Waals surface area contributed by atoms with Crippen LogP contribution in [0.1, 0.15) is 27.9 Å². The van der Waals surface area contributed by atoms with Crippen LogP contribution >= 0.6 is 0 Å². The average Bonchev–Trinajstić information content (AvgIpc) is 2.85. The number of carbonyl (C=O) groups excluding carboxylic acids is 1. The molecule has 0 radical (unpaired) electrons. The SMILES string of the molecule is C[N+](C)(C)CCCN1C(=O)c2ccccc2/C1=C\Cc1ccccc1.[I-]. The number of hydrogen-bond acceptors (Lipinski definition) is 1. The Balaban J connectivity index is 0.00000243. The standard InChI is InChI=1S/C22H27N2O.HI/c1-24(2,3)17-9-16-23-21(15-14-18-10-5-4-6-11-18)19-12-7-8-13-20(19)22(23)25;/h4-8,10-13,15H,9,14,16-17H2,1-3H3;1H/q+1;/p-1/b21-15+;. The van der Waals surface area contributed by atoms with Crippen LogP contribution < -0.4 is 24.0 Å². The molecule has 0 fully saturated rings. The van der Waals surface area contributed by atoms with Crippen molar-refractivity contribution in [2.75, 3.05) is 34.2 Å². The van der Waals surface area contributed by atoms with Gasteiger partial charge < -0.3 is 33.4 Å². The molecule has 0 aliphatic carbocycles. The number of carbonyl (C=O) groups is 1. The molecule has 0 aromatic heterocycles. The summed E-state index contributed by atoms with van der Waals surface area (Å²) in [5.41, 5.74) is 4.21. The largest absolute Gasteiger partial charge is 1.00 e. The molecule has 2 aromatic rings. The zero-order valence-corrected chi connectivity index (χ0v) is 17.9. The molecule has 0 bridgehead atoms. The quantitative estimate of drug-likeness (QED) is 0.460. The summed E-state index contributed by atoms with van der Waals surface area (Å²) >= 11 is 0. The van der Waals surface area contributed by atoms with E-state index in [1.807, 2.05) is 29.2 Å². The van der Waals surface area contributed by atoms with Gasteiger partial charge in [-0.2, -0.15) is 0 Å². The maximum Gasteiger partial charge on any atom is 0.258 e. The summed E-state index contributed by atoms with van der Waals surface area (Å²) in [4.78, 5) is 14.8. The van der Waals surface area contributed by atoms with Crippen LogP contribution in [0.5, 0.6) is 0 Å². The first-order chi connectivity index (χ1) is 12.0. The van der Waals surface area contributed by atoms with E-state index >= 15 is 0 Å². The summed E-state index contributed by atoms with van der Waals surface area (Å²) in [6, 6.07) is 18.3. The van der Waals surface area contributed by atoms with Crippen LogP contribution in [0.4, 0.5) is 0 Å². The van der Waals surface area contributed by atoms with E-state index < -0.39 is 0 Å². The van der Waals surface area contributed by atoms with Crippen molar-refractivity contribution in [1.82, 2.24) is 4.90 Å². The molecule has 3 rings (SSSR count). The normalized spacial score (nSPS) is 15.1. The highest BCUT2D eigenvalue weighted by Crippen LogP contribution is 2.33. The third-order valence-corrected chi connectivity index (χ3v) is 4.55. The number of fused-ring (bicyclic) bond motifs is 1. The predicted molar refractivity (Wildman–Crippen MR) is 103 cm³/mol. The van der Waals surface area contributed by atoms with Crippen LogP contribution in [-0.2, 0) is 6.42 Å². The van der Waals surface area contributed by atoms with Crippen LogP contribution in [0, 0.1) is 0 Å². The lowest BCUT2D eigenvalue weighted by Crippen LogP contribution is -3.00. The van der Waals surface area contributed by atoms with Gasteiger partial charge in [-0.1, -0.05) is 54.6 Å². The van der Waals surface area contributed by atoms with Crippen molar-refractivity contribution in [2.45, 2.75) is 12.8 Å². The highest BCUT2D eigenvalue weighted by atomic mass is 127. The summed E-state index contributed by atoms with van der Waals surface area (Å²) < 4.78 is 0.915. The van der Waals surface area contributed by atoms with Crippen LogP contribution in [0.15, 0.2) is 60.7 Å². The molecule has 138 valence electrons. The summed E-state index contributed by atoms with van der Waals surface area (Å²) in [5, 5.41) is 0. The van der Waals surface area contributed by atoms with E-state index in [0.29, 0.717) is 0 Å². The molecule has 0 unspecified atom stereocenters. The van der Waals surface area contributed by atoms with Gasteiger partial charge in [0.1, 0.15) is 0 Å². The fourth-order valence-electron chi connectivity index (χ4n) is 3.27. The van der Waals surface area contributed by atoms with Gasteiger partial charge in [0.2, 0.25) is 0 Å². The lowest BCUT2D eigenvalue weighted by atomic mass is 10.1. The summed E-state index contributed by atoms with van der Waals surface area (Å²) in [6.45, 7) is 1.82. The molecule has 0 saturated heterocycles. The van der Waals surface area contributed by atoms with Crippen molar-refractivity contribution in [2.24, 2.45) is 0 Å². The van der Waals surface area contributed by atoms with E-state index in [1.54, 1.807) is 0 Å². The van der Waals surface area contributed by atoms with Gasteiger partial charge in [-0.3, -0.25) is 4.79 Å². The van der Waals surface area contributed by atoms with Crippen LogP contribution in [0.25, 0.3) is 5.70 Å². The molecule has 2 aromatic carbocycles. The first kappa shape index (κ1) is 20.6. The Morgan fingerprint density at radius 1 is 0.923 bits per heavy atom. The summed E-state index contributed by atoms with van der Waals surface area (Å²) in [6.07, 6.45) is 4.03.